The third-order valence-corrected chi connectivity index (χ3v) is 5.66. The second-order valence-corrected chi connectivity index (χ2v) is 7.56. The molecule has 0 spiro atoms. The predicted molar refractivity (Wildman–Crippen MR) is 97.8 cm³/mol. The fourth-order valence-corrected chi connectivity index (χ4v) is 4.11. The quantitative estimate of drug-likeness (QED) is 0.540. The molecule has 3 heterocycles. The Morgan fingerprint density at radius 1 is 1.17 bits per heavy atom. The van der Waals surface area contributed by atoms with Gasteiger partial charge in [-0.15, -0.1) is 11.8 Å². The first-order valence-electron chi connectivity index (χ1n) is 8.50. The van der Waals surface area contributed by atoms with Crippen molar-refractivity contribution in [1.29, 1.82) is 0 Å². The summed E-state index contributed by atoms with van der Waals surface area (Å²) in [6.45, 7) is 0. The first-order valence-corrected chi connectivity index (χ1v) is 9.49. The van der Waals surface area contributed by atoms with Crippen LogP contribution in [0.1, 0.15) is 11.8 Å². The van der Waals surface area contributed by atoms with Gasteiger partial charge in [-0.2, -0.15) is 13.2 Å². The van der Waals surface area contributed by atoms with E-state index < -0.39 is 36.3 Å². The molecular weight excluding hydrogens is 411 g/mol. The van der Waals surface area contributed by atoms with Crippen LogP contribution in [0.25, 0.3) is 11.2 Å². The number of ether oxygens (including phenoxy) is 1. The van der Waals surface area contributed by atoms with Crippen molar-refractivity contribution < 1.29 is 28.1 Å². The molecule has 0 saturated carbocycles. The number of aromatic nitrogens is 4. The minimum absolute atomic E-state index is 0.139. The number of fused-ring (bicyclic) bond motifs is 1. The molecule has 1 saturated heterocycles. The highest BCUT2D eigenvalue weighted by Crippen LogP contribution is 2.36. The zero-order valence-corrected chi connectivity index (χ0v) is 15.5. The second-order valence-electron chi connectivity index (χ2n) is 6.47. The number of nitrogens with zero attached hydrogens (tertiary/aromatic N) is 4. The molecule has 0 radical (unpaired) electrons. The lowest BCUT2D eigenvalue weighted by Gasteiger charge is -2.16. The number of imidazole rings is 1. The van der Waals surface area contributed by atoms with E-state index in [-0.39, 0.29) is 11.6 Å². The number of nitrogens with two attached hydrogens (primary N) is 1. The SMILES string of the molecule is Nc1ncnc2c1ncn2[C@@H]1O[C@H](CSc2cccc(C(F)(F)F)c2)[C@@H](O)[C@H]1O. The molecule has 1 aliphatic heterocycles. The normalized spacial score (nSPS) is 25.0. The Bertz CT molecular complexity index is 1030. The topological polar surface area (TPSA) is 119 Å². The molecule has 4 atom stereocenters. The Hall–Kier alpha value is -2.41. The summed E-state index contributed by atoms with van der Waals surface area (Å²) < 4.78 is 45.8. The van der Waals surface area contributed by atoms with Gasteiger partial charge in [-0.25, -0.2) is 15.0 Å². The van der Waals surface area contributed by atoms with Gasteiger partial charge in [0.15, 0.2) is 17.7 Å². The van der Waals surface area contributed by atoms with Gasteiger partial charge in [0.05, 0.1) is 18.0 Å². The number of thioether (sulfide) groups is 1. The fourth-order valence-electron chi connectivity index (χ4n) is 3.09. The molecule has 29 heavy (non-hydrogen) atoms. The highest BCUT2D eigenvalue weighted by atomic mass is 32.2. The number of alkyl halides is 3. The Morgan fingerprint density at radius 3 is 2.72 bits per heavy atom. The van der Waals surface area contributed by atoms with E-state index in [9.17, 15) is 23.4 Å². The summed E-state index contributed by atoms with van der Waals surface area (Å²) in [5.41, 5.74) is 5.66. The molecule has 8 nitrogen and oxygen atoms in total. The Labute approximate surface area is 166 Å². The first-order chi connectivity index (χ1) is 13.8. The minimum Gasteiger partial charge on any atom is -0.387 e. The number of halogens is 3. The summed E-state index contributed by atoms with van der Waals surface area (Å²) in [4.78, 5) is 12.4. The van der Waals surface area contributed by atoms with Crippen LogP contribution in [0.5, 0.6) is 0 Å². The summed E-state index contributed by atoms with van der Waals surface area (Å²) in [6.07, 6.45) is -6.13. The Morgan fingerprint density at radius 2 is 1.97 bits per heavy atom. The maximum atomic E-state index is 12.9. The average molecular weight is 427 g/mol. The lowest BCUT2D eigenvalue weighted by Crippen LogP contribution is -2.32. The molecule has 0 amide bonds. The molecule has 154 valence electrons. The number of hydrogen-bond acceptors (Lipinski definition) is 8. The van der Waals surface area contributed by atoms with E-state index >= 15 is 0 Å². The van der Waals surface area contributed by atoms with Crippen LogP contribution in [0.3, 0.4) is 0 Å². The summed E-state index contributed by atoms with van der Waals surface area (Å²) >= 11 is 1.09. The number of benzene rings is 1. The molecule has 12 heteroatoms. The van der Waals surface area contributed by atoms with Crippen LogP contribution in [-0.4, -0.2) is 53.8 Å². The predicted octanol–water partition coefficient (Wildman–Crippen LogP) is 1.84. The zero-order valence-electron chi connectivity index (χ0n) is 14.7. The van der Waals surface area contributed by atoms with E-state index in [1.807, 2.05) is 0 Å². The standard InChI is InChI=1S/C17H16F3N5O3S/c18-17(19,20)8-2-1-3-9(4-8)29-5-10-12(26)13(27)16(28-10)25-7-24-11-14(21)22-6-23-15(11)25/h1-4,6-7,10,12-13,16,26-27H,5H2,(H2,21,22,23)/t10-,12-,13-,16-/m1/s1. The van der Waals surface area contributed by atoms with Crippen molar-refractivity contribution in [3.8, 4) is 0 Å². The van der Waals surface area contributed by atoms with Gasteiger partial charge in [0.1, 0.15) is 24.1 Å². The van der Waals surface area contributed by atoms with E-state index in [1.54, 1.807) is 0 Å². The van der Waals surface area contributed by atoms with Crippen molar-refractivity contribution in [3.05, 3.63) is 42.5 Å². The fraction of sp³-hybridized carbons (Fsp3) is 0.353. The highest BCUT2D eigenvalue weighted by molar-refractivity contribution is 7.99. The van der Waals surface area contributed by atoms with Gasteiger partial charge in [-0.1, -0.05) is 6.07 Å². The van der Waals surface area contributed by atoms with Crippen LogP contribution in [0, 0.1) is 0 Å². The summed E-state index contributed by atoms with van der Waals surface area (Å²) in [5, 5.41) is 20.8. The molecule has 0 unspecified atom stereocenters. The average Bonchev–Trinajstić information content (AvgIpc) is 3.23. The monoisotopic (exact) mass is 427 g/mol. The van der Waals surface area contributed by atoms with Crippen molar-refractivity contribution in [2.45, 2.75) is 35.6 Å². The van der Waals surface area contributed by atoms with E-state index in [1.165, 1.54) is 29.4 Å². The number of hydrogen-bond donors (Lipinski definition) is 3. The molecule has 0 aliphatic carbocycles. The molecule has 0 bridgehead atoms. The van der Waals surface area contributed by atoms with Crippen molar-refractivity contribution in [2.75, 3.05) is 11.5 Å². The van der Waals surface area contributed by atoms with Gasteiger partial charge >= 0.3 is 6.18 Å². The van der Waals surface area contributed by atoms with Crippen LogP contribution in [0.4, 0.5) is 19.0 Å². The molecule has 3 aromatic rings. The first kappa shape index (κ1) is 19.9. The minimum atomic E-state index is -4.44. The van der Waals surface area contributed by atoms with Gasteiger partial charge in [0, 0.05) is 10.6 Å². The van der Waals surface area contributed by atoms with E-state index in [0.717, 1.165) is 23.9 Å². The summed E-state index contributed by atoms with van der Waals surface area (Å²) in [7, 11) is 0. The van der Waals surface area contributed by atoms with E-state index in [2.05, 4.69) is 15.0 Å². The number of aliphatic hydroxyl groups excluding tert-OH is 2. The molecule has 4 rings (SSSR count). The van der Waals surface area contributed by atoms with Crippen LogP contribution >= 0.6 is 11.8 Å². The van der Waals surface area contributed by atoms with Crippen LogP contribution < -0.4 is 5.73 Å². The van der Waals surface area contributed by atoms with Gasteiger partial charge in [0.2, 0.25) is 0 Å². The van der Waals surface area contributed by atoms with E-state index in [0.29, 0.717) is 16.1 Å². The van der Waals surface area contributed by atoms with Gasteiger partial charge < -0.3 is 20.7 Å². The molecule has 1 fully saturated rings. The van der Waals surface area contributed by atoms with Gasteiger partial charge in [-0.3, -0.25) is 4.57 Å². The van der Waals surface area contributed by atoms with Gasteiger partial charge in [0.25, 0.3) is 0 Å². The Kier molecular flexibility index (Phi) is 5.11. The molecular formula is C17H16F3N5O3S. The largest absolute Gasteiger partial charge is 0.416 e. The van der Waals surface area contributed by atoms with Crippen molar-refractivity contribution >= 4 is 28.7 Å². The maximum Gasteiger partial charge on any atom is 0.416 e. The highest BCUT2D eigenvalue weighted by Gasteiger charge is 2.44. The van der Waals surface area contributed by atoms with Crippen molar-refractivity contribution in [3.63, 3.8) is 0 Å². The molecule has 4 N–H and O–H groups in total. The molecule has 1 aromatic carbocycles. The summed E-state index contributed by atoms with van der Waals surface area (Å²) in [5.74, 6) is 0.304. The summed E-state index contributed by atoms with van der Waals surface area (Å²) in [6, 6.07) is 4.88. The van der Waals surface area contributed by atoms with Crippen LogP contribution in [0.15, 0.2) is 41.8 Å². The maximum absolute atomic E-state index is 12.9. The number of nitrogen functional groups attached to an aromatic ring is 1. The third-order valence-electron chi connectivity index (χ3n) is 4.57. The molecule has 2 aromatic heterocycles. The van der Waals surface area contributed by atoms with Crippen LogP contribution in [-0.2, 0) is 10.9 Å². The lowest BCUT2D eigenvalue weighted by molar-refractivity contribution is -0.137. The number of rotatable bonds is 4. The smallest absolute Gasteiger partial charge is 0.387 e. The number of anilines is 1. The van der Waals surface area contributed by atoms with Gasteiger partial charge in [-0.05, 0) is 18.2 Å². The zero-order chi connectivity index (χ0) is 20.8. The molecule has 1 aliphatic rings. The van der Waals surface area contributed by atoms with Crippen molar-refractivity contribution in [1.82, 2.24) is 19.5 Å². The number of aliphatic hydroxyl groups is 2. The van der Waals surface area contributed by atoms with Crippen molar-refractivity contribution in [2.24, 2.45) is 0 Å². The van der Waals surface area contributed by atoms with E-state index in [4.69, 9.17) is 10.5 Å². The second kappa shape index (κ2) is 7.44. The third kappa shape index (κ3) is 3.75. The Balaban J connectivity index is 1.50. The lowest BCUT2D eigenvalue weighted by atomic mass is 10.1. The van der Waals surface area contributed by atoms with Crippen LogP contribution in [0.2, 0.25) is 0 Å².